The molecule has 0 saturated heterocycles. The summed E-state index contributed by atoms with van der Waals surface area (Å²) in [6.45, 7) is 0. The topological polar surface area (TPSA) is 3.24 Å². The van der Waals surface area contributed by atoms with E-state index in [2.05, 4.69) is 278 Å². The molecule has 322 valence electrons. The molecule has 1 nitrogen and oxygen atoms in total. The zero-order valence-corrected chi connectivity index (χ0v) is 37.9. The van der Waals surface area contributed by atoms with Crippen molar-refractivity contribution in [1.29, 1.82) is 0 Å². The van der Waals surface area contributed by atoms with Crippen LogP contribution in [0.1, 0.15) is 0 Å². The second-order valence-corrected chi connectivity index (χ2v) is 17.9. The third kappa shape index (κ3) is 6.86. The predicted octanol–water partition coefficient (Wildman–Crippen LogP) is 19.3. The molecule has 0 aliphatic carbocycles. The molecule has 0 saturated carbocycles. The molecule has 0 N–H and O–H groups in total. The Balaban J connectivity index is 0.994. The third-order valence-electron chi connectivity index (χ3n) is 14.0. The highest BCUT2D eigenvalue weighted by atomic mass is 15.1. The Bertz CT molecular complexity index is 3930. The lowest BCUT2D eigenvalue weighted by Crippen LogP contribution is -2.10. The maximum Gasteiger partial charge on any atom is 0.0540 e. The van der Waals surface area contributed by atoms with Gasteiger partial charge >= 0.3 is 0 Å². The zero-order valence-electron chi connectivity index (χ0n) is 37.9. The van der Waals surface area contributed by atoms with Crippen molar-refractivity contribution >= 4 is 70.9 Å². The van der Waals surface area contributed by atoms with Crippen LogP contribution in [0.5, 0.6) is 0 Å². The molecule has 13 aromatic carbocycles. The summed E-state index contributed by atoms with van der Waals surface area (Å²) in [6.07, 6.45) is 0. The monoisotopic (exact) mass is 875 g/mol. The molecule has 0 bridgehead atoms. The van der Waals surface area contributed by atoms with E-state index in [4.69, 9.17) is 0 Å². The summed E-state index contributed by atoms with van der Waals surface area (Å²) in [6, 6.07) is 99.9. The van der Waals surface area contributed by atoms with E-state index in [0.29, 0.717) is 0 Å². The van der Waals surface area contributed by atoms with Gasteiger partial charge in [-0.1, -0.05) is 237 Å². The highest BCUT2D eigenvalue weighted by Gasteiger charge is 2.22. The summed E-state index contributed by atoms with van der Waals surface area (Å²) in [7, 11) is 0. The largest absolute Gasteiger partial charge is 0.310 e. The molecule has 13 rings (SSSR count). The van der Waals surface area contributed by atoms with Gasteiger partial charge in [0, 0.05) is 16.8 Å². The van der Waals surface area contributed by atoms with Gasteiger partial charge in [0.15, 0.2) is 0 Å². The molecule has 0 aromatic heterocycles. The molecule has 0 fully saturated rings. The van der Waals surface area contributed by atoms with E-state index in [1.165, 1.54) is 109 Å². The fourth-order valence-electron chi connectivity index (χ4n) is 11.0. The van der Waals surface area contributed by atoms with Crippen LogP contribution >= 0.6 is 0 Å². The summed E-state index contributed by atoms with van der Waals surface area (Å²) < 4.78 is 0. The van der Waals surface area contributed by atoms with Crippen LogP contribution in [0.4, 0.5) is 17.1 Å². The van der Waals surface area contributed by atoms with Gasteiger partial charge in [-0.25, -0.2) is 0 Å². The Morgan fingerprint density at radius 1 is 0.188 bits per heavy atom. The first-order valence-electron chi connectivity index (χ1n) is 23.8. The summed E-state index contributed by atoms with van der Waals surface area (Å²) in [4.78, 5) is 2.38. The third-order valence-corrected chi connectivity index (χ3v) is 14.0. The first-order chi connectivity index (χ1) is 34.3. The molecule has 1 heteroatoms. The van der Waals surface area contributed by atoms with Crippen molar-refractivity contribution in [1.82, 2.24) is 0 Å². The number of nitrogens with zero attached hydrogens (tertiary/aromatic N) is 1. The highest BCUT2D eigenvalue weighted by Crippen LogP contribution is 2.49. The van der Waals surface area contributed by atoms with Crippen LogP contribution in [0.3, 0.4) is 0 Å². The maximum absolute atomic E-state index is 2.40. The first-order valence-corrected chi connectivity index (χ1v) is 23.8. The van der Waals surface area contributed by atoms with Gasteiger partial charge in [0.05, 0.1) is 5.69 Å². The van der Waals surface area contributed by atoms with Crippen molar-refractivity contribution < 1.29 is 0 Å². The Hall–Kier alpha value is -9.04. The lowest BCUT2D eigenvalue weighted by atomic mass is 9.83. The first kappa shape index (κ1) is 40.3. The van der Waals surface area contributed by atoms with E-state index < -0.39 is 0 Å². The van der Waals surface area contributed by atoms with Gasteiger partial charge in [0.2, 0.25) is 0 Å². The van der Waals surface area contributed by atoms with Crippen molar-refractivity contribution in [2.45, 2.75) is 0 Å². The van der Waals surface area contributed by atoms with Gasteiger partial charge < -0.3 is 4.90 Å². The minimum Gasteiger partial charge on any atom is -0.310 e. The predicted molar refractivity (Wildman–Crippen MR) is 296 cm³/mol. The summed E-state index contributed by atoms with van der Waals surface area (Å²) in [5.41, 5.74) is 15.7. The normalized spacial score (nSPS) is 11.5. The summed E-state index contributed by atoms with van der Waals surface area (Å²) in [5.74, 6) is 0. The Morgan fingerprint density at radius 2 is 0.522 bits per heavy atom. The number of rotatable bonds is 8. The van der Waals surface area contributed by atoms with Crippen LogP contribution in [0.25, 0.3) is 109 Å². The highest BCUT2D eigenvalue weighted by molar-refractivity contribution is 6.25. The van der Waals surface area contributed by atoms with Crippen LogP contribution < -0.4 is 4.90 Å². The number of hydrogen-bond donors (Lipinski definition) is 0. The van der Waals surface area contributed by atoms with Gasteiger partial charge in [-0.15, -0.1) is 0 Å². The van der Waals surface area contributed by atoms with Crippen molar-refractivity contribution in [2.24, 2.45) is 0 Å². The van der Waals surface area contributed by atoms with Crippen molar-refractivity contribution in [2.75, 3.05) is 4.90 Å². The van der Waals surface area contributed by atoms with Crippen LogP contribution in [-0.4, -0.2) is 0 Å². The SMILES string of the molecule is c1ccc(-c2ccc3c(-c4ccc(-c5c6ccccc6c(-c6ccc(N(c7ccccc7)c7ccccc7)c7ccccc67)c6ccccc56)cc4)c4ccccc4c(-c4ccccc4)c3c2)cc1. The van der Waals surface area contributed by atoms with E-state index in [1.807, 2.05) is 0 Å². The molecule has 13 aromatic rings. The minimum atomic E-state index is 1.12. The molecular weight excluding hydrogens is 831 g/mol. The van der Waals surface area contributed by atoms with E-state index in [9.17, 15) is 0 Å². The van der Waals surface area contributed by atoms with Gasteiger partial charge in [0.1, 0.15) is 0 Å². The van der Waals surface area contributed by atoms with Crippen molar-refractivity contribution in [3.05, 3.63) is 273 Å². The minimum absolute atomic E-state index is 1.12. The number of anilines is 3. The van der Waals surface area contributed by atoms with Crippen molar-refractivity contribution in [3.63, 3.8) is 0 Å². The van der Waals surface area contributed by atoms with E-state index in [-0.39, 0.29) is 0 Å². The fourth-order valence-corrected chi connectivity index (χ4v) is 11.0. The van der Waals surface area contributed by atoms with E-state index >= 15 is 0 Å². The van der Waals surface area contributed by atoms with Crippen LogP contribution in [0, 0.1) is 0 Å². The molecule has 0 spiro atoms. The Morgan fingerprint density at radius 3 is 1.00 bits per heavy atom. The molecule has 0 atom stereocenters. The van der Waals surface area contributed by atoms with Crippen LogP contribution in [0.15, 0.2) is 273 Å². The second-order valence-electron chi connectivity index (χ2n) is 17.9. The maximum atomic E-state index is 2.40. The molecular formula is C68H45N. The molecule has 0 heterocycles. The number of fused-ring (bicyclic) bond motifs is 5. The van der Waals surface area contributed by atoms with E-state index in [1.54, 1.807) is 0 Å². The lowest BCUT2D eigenvalue weighted by molar-refractivity contribution is 1.30. The molecule has 0 amide bonds. The average molecular weight is 876 g/mol. The van der Waals surface area contributed by atoms with Gasteiger partial charge in [-0.05, 0) is 141 Å². The number of para-hydroxylation sites is 2. The summed E-state index contributed by atoms with van der Waals surface area (Å²) in [5, 5.41) is 12.3. The van der Waals surface area contributed by atoms with E-state index in [0.717, 1.165) is 17.1 Å². The fraction of sp³-hybridized carbons (Fsp3) is 0. The number of benzene rings is 13. The number of hydrogen-bond acceptors (Lipinski definition) is 1. The van der Waals surface area contributed by atoms with Crippen LogP contribution in [-0.2, 0) is 0 Å². The Kier molecular flexibility index (Phi) is 9.91. The molecule has 0 unspecified atom stereocenters. The standard InChI is InChI=1S/C68H45N/c1-5-21-46(22-6-1)50-41-42-62-63(45-50)67(47-23-7-2-8-24-47)56-32-16-15-31-55(56)66(62)49-39-37-48(38-40-49)65-57-33-17-19-35-59(57)68(60-36-20-18-34-58(60)65)61-43-44-64(54-30-14-13-29-53(54)61)69(51-25-9-3-10-26-51)52-27-11-4-12-28-52/h1-45H. The van der Waals surface area contributed by atoms with Crippen molar-refractivity contribution in [3.8, 4) is 55.6 Å². The quantitative estimate of drug-likeness (QED) is 0.138. The molecule has 0 aliphatic heterocycles. The average Bonchev–Trinajstić information content (AvgIpc) is 3.43. The molecule has 69 heavy (non-hydrogen) atoms. The van der Waals surface area contributed by atoms with Gasteiger partial charge in [0.25, 0.3) is 0 Å². The molecule has 0 aliphatic rings. The summed E-state index contributed by atoms with van der Waals surface area (Å²) >= 11 is 0. The van der Waals surface area contributed by atoms with Crippen LogP contribution in [0.2, 0.25) is 0 Å². The Labute approximate surface area is 402 Å². The zero-order chi connectivity index (χ0) is 45.7. The second kappa shape index (κ2) is 17.0. The lowest BCUT2D eigenvalue weighted by Gasteiger charge is -2.27. The van der Waals surface area contributed by atoms with Gasteiger partial charge in [-0.3, -0.25) is 0 Å². The molecule has 0 radical (unpaired) electrons. The van der Waals surface area contributed by atoms with Gasteiger partial charge in [-0.2, -0.15) is 0 Å². The smallest absolute Gasteiger partial charge is 0.0540 e.